The molecule has 3 aliphatic heterocycles. The minimum absolute atomic E-state index is 0.0564. The predicted molar refractivity (Wildman–Crippen MR) is 138 cm³/mol. The third kappa shape index (κ3) is 6.11. The molecule has 0 bridgehead atoms. The lowest BCUT2D eigenvalue weighted by Crippen LogP contribution is -2.48. The maximum absolute atomic E-state index is 13.3. The number of β-amino-alcohol motifs (C(OH)–C–C–N with tert-alkyl or cyclic N) is 1. The van der Waals surface area contributed by atoms with Gasteiger partial charge >= 0.3 is 6.18 Å². The summed E-state index contributed by atoms with van der Waals surface area (Å²) >= 11 is 0. The number of rotatable bonds is 5. The van der Waals surface area contributed by atoms with Crippen LogP contribution in [0.25, 0.3) is 6.08 Å². The number of likely N-dealkylation sites (tertiary alicyclic amines) is 2. The van der Waals surface area contributed by atoms with Gasteiger partial charge in [0, 0.05) is 49.4 Å². The van der Waals surface area contributed by atoms with Crippen molar-refractivity contribution in [1.29, 1.82) is 0 Å². The minimum Gasteiger partial charge on any atom is -0.392 e. The molecule has 210 valence electrons. The zero-order chi connectivity index (χ0) is 27.8. The second-order valence-electron chi connectivity index (χ2n) is 11.0. The van der Waals surface area contributed by atoms with E-state index in [1.807, 2.05) is 0 Å². The number of nitrogens with one attached hydrogen (secondary N) is 1. The Labute approximate surface area is 224 Å². The molecule has 1 spiro atoms. The second-order valence-corrected chi connectivity index (χ2v) is 11.0. The van der Waals surface area contributed by atoms with E-state index in [-0.39, 0.29) is 22.8 Å². The Morgan fingerprint density at radius 2 is 1.72 bits per heavy atom. The van der Waals surface area contributed by atoms with Crippen molar-refractivity contribution in [2.24, 2.45) is 5.92 Å². The van der Waals surface area contributed by atoms with Crippen molar-refractivity contribution in [3.05, 3.63) is 70.8 Å². The SMILES string of the molecule is O=C(C=Cc1cc(F)cc(F)c1)N1CCC(C(O)CN2CCC3(CC2)CNc2cc(C(F)(F)F)ccc23)CC1. The number of anilines is 1. The Morgan fingerprint density at radius 1 is 1.05 bits per heavy atom. The zero-order valence-electron chi connectivity index (χ0n) is 21.5. The normalized spacial score (nSPS) is 20.8. The topological polar surface area (TPSA) is 55.8 Å². The Hall–Kier alpha value is -2.98. The maximum Gasteiger partial charge on any atom is 0.416 e. The van der Waals surface area contributed by atoms with Crippen LogP contribution in [0.2, 0.25) is 0 Å². The molecule has 39 heavy (non-hydrogen) atoms. The van der Waals surface area contributed by atoms with Gasteiger partial charge in [0.1, 0.15) is 11.6 Å². The number of carbonyl (C=O) groups is 1. The lowest BCUT2D eigenvalue weighted by Gasteiger charge is -2.41. The van der Waals surface area contributed by atoms with Crippen LogP contribution in [0.3, 0.4) is 0 Å². The molecule has 0 radical (unpaired) electrons. The molecule has 2 fully saturated rings. The van der Waals surface area contributed by atoms with E-state index < -0.39 is 29.5 Å². The molecule has 10 heteroatoms. The van der Waals surface area contributed by atoms with Gasteiger partial charge in [-0.3, -0.25) is 4.79 Å². The van der Waals surface area contributed by atoms with Crippen molar-refractivity contribution in [2.75, 3.05) is 44.6 Å². The molecule has 0 saturated carbocycles. The van der Waals surface area contributed by atoms with Gasteiger partial charge in [-0.05, 0) is 86.2 Å². The van der Waals surface area contributed by atoms with Crippen LogP contribution in [0, 0.1) is 17.6 Å². The standard InChI is InChI=1S/C29H32F5N3O2/c30-22-13-19(14-23(31)16-22)1-4-27(39)37-9-5-20(6-10-37)26(38)17-36-11-7-28(8-12-36)18-35-25-15-21(29(32,33)34)2-3-24(25)28/h1-4,13-16,20,26,35,38H,5-12,17-18H2. The van der Waals surface area contributed by atoms with Gasteiger partial charge < -0.3 is 20.2 Å². The Balaban J connectivity index is 1.09. The summed E-state index contributed by atoms with van der Waals surface area (Å²) in [4.78, 5) is 16.4. The van der Waals surface area contributed by atoms with Crippen LogP contribution >= 0.6 is 0 Å². The summed E-state index contributed by atoms with van der Waals surface area (Å²) in [5, 5.41) is 14.1. The number of carbonyl (C=O) groups excluding carboxylic acids is 1. The molecule has 1 unspecified atom stereocenters. The van der Waals surface area contributed by atoms with E-state index in [1.165, 1.54) is 18.2 Å². The summed E-state index contributed by atoms with van der Waals surface area (Å²) in [6, 6.07) is 7.07. The monoisotopic (exact) mass is 549 g/mol. The number of alkyl halides is 3. The Bertz CT molecular complexity index is 1210. The van der Waals surface area contributed by atoms with Gasteiger partial charge in [-0.2, -0.15) is 13.2 Å². The first kappa shape index (κ1) is 27.6. The number of fused-ring (bicyclic) bond motifs is 2. The highest BCUT2D eigenvalue weighted by atomic mass is 19.4. The van der Waals surface area contributed by atoms with Gasteiger partial charge in [0.05, 0.1) is 11.7 Å². The van der Waals surface area contributed by atoms with E-state index in [1.54, 1.807) is 11.0 Å². The number of nitrogens with zero attached hydrogens (tertiary/aromatic N) is 2. The summed E-state index contributed by atoms with van der Waals surface area (Å²) in [5.41, 5.74) is 0.966. The molecular formula is C29H32F5N3O2. The second kappa shape index (κ2) is 10.9. The van der Waals surface area contributed by atoms with Gasteiger partial charge in [0.2, 0.25) is 5.91 Å². The van der Waals surface area contributed by atoms with Crippen LogP contribution in [0.1, 0.15) is 42.4 Å². The first-order chi connectivity index (χ1) is 18.5. The van der Waals surface area contributed by atoms with Gasteiger partial charge in [-0.25, -0.2) is 8.78 Å². The van der Waals surface area contributed by atoms with E-state index in [9.17, 15) is 31.9 Å². The summed E-state index contributed by atoms with van der Waals surface area (Å²) in [6.45, 7) is 3.63. The molecule has 3 heterocycles. The van der Waals surface area contributed by atoms with Crippen LogP contribution in [-0.4, -0.2) is 66.2 Å². The van der Waals surface area contributed by atoms with Crippen LogP contribution in [0.4, 0.5) is 27.6 Å². The van der Waals surface area contributed by atoms with E-state index in [2.05, 4.69) is 10.2 Å². The van der Waals surface area contributed by atoms with Crippen molar-refractivity contribution < 1.29 is 31.9 Å². The van der Waals surface area contributed by atoms with Gasteiger partial charge in [-0.1, -0.05) is 6.07 Å². The molecule has 2 N–H and O–H groups in total. The van der Waals surface area contributed by atoms with Crippen LogP contribution in [-0.2, 0) is 16.4 Å². The van der Waals surface area contributed by atoms with Crippen molar-refractivity contribution in [2.45, 2.75) is 43.4 Å². The molecule has 1 atom stereocenters. The Morgan fingerprint density at radius 3 is 2.36 bits per heavy atom. The molecular weight excluding hydrogens is 517 g/mol. The highest BCUT2D eigenvalue weighted by molar-refractivity contribution is 5.91. The number of aliphatic hydroxyl groups is 1. The molecule has 0 aliphatic carbocycles. The molecule has 1 amide bonds. The molecule has 5 nitrogen and oxygen atoms in total. The number of amides is 1. The van der Waals surface area contributed by atoms with E-state index in [4.69, 9.17) is 0 Å². The number of hydrogen-bond acceptors (Lipinski definition) is 4. The average molecular weight is 550 g/mol. The molecule has 3 aliphatic rings. The van der Waals surface area contributed by atoms with E-state index in [0.717, 1.165) is 55.8 Å². The average Bonchev–Trinajstić information content (AvgIpc) is 3.25. The third-order valence-corrected chi connectivity index (χ3v) is 8.49. The van der Waals surface area contributed by atoms with Crippen molar-refractivity contribution in [3.63, 3.8) is 0 Å². The zero-order valence-corrected chi connectivity index (χ0v) is 21.5. The fourth-order valence-electron chi connectivity index (χ4n) is 6.16. The fraction of sp³-hybridized carbons (Fsp3) is 0.483. The smallest absolute Gasteiger partial charge is 0.392 e. The summed E-state index contributed by atoms with van der Waals surface area (Å²) in [6.07, 6.45) is 0.734. The largest absolute Gasteiger partial charge is 0.416 e. The number of hydrogen-bond donors (Lipinski definition) is 2. The van der Waals surface area contributed by atoms with Crippen LogP contribution in [0.5, 0.6) is 0 Å². The summed E-state index contributed by atoms with van der Waals surface area (Å²) < 4.78 is 66.0. The molecule has 5 rings (SSSR count). The van der Waals surface area contributed by atoms with Gasteiger partial charge in [0.15, 0.2) is 0 Å². The van der Waals surface area contributed by atoms with Crippen LogP contribution in [0.15, 0.2) is 42.5 Å². The molecule has 2 aromatic carbocycles. The quantitative estimate of drug-likeness (QED) is 0.405. The summed E-state index contributed by atoms with van der Waals surface area (Å²) in [7, 11) is 0. The van der Waals surface area contributed by atoms with Crippen LogP contribution < -0.4 is 5.32 Å². The maximum atomic E-state index is 13.3. The molecule has 2 aromatic rings. The molecule has 2 saturated heterocycles. The van der Waals surface area contributed by atoms with Crippen molar-refractivity contribution in [3.8, 4) is 0 Å². The highest BCUT2D eigenvalue weighted by Gasteiger charge is 2.43. The number of aliphatic hydroxyl groups excluding tert-OH is 1. The van der Waals surface area contributed by atoms with Gasteiger partial charge in [0.25, 0.3) is 0 Å². The van der Waals surface area contributed by atoms with Crippen molar-refractivity contribution >= 4 is 17.7 Å². The van der Waals surface area contributed by atoms with Crippen molar-refractivity contribution in [1.82, 2.24) is 9.80 Å². The molecule has 0 aromatic heterocycles. The summed E-state index contributed by atoms with van der Waals surface area (Å²) in [5.74, 6) is -1.59. The number of benzene rings is 2. The first-order valence-corrected chi connectivity index (χ1v) is 13.3. The first-order valence-electron chi connectivity index (χ1n) is 13.3. The fourth-order valence-corrected chi connectivity index (χ4v) is 6.16. The third-order valence-electron chi connectivity index (χ3n) is 8.49. The van der Waals surface area contributed by atoms with E-state index in [0.29, 0.717) is 44.7 Å². The highest BCUT2D eigenvalue weighted by Crippen LogP contribution is 2.46. The lowest BCUT2D eigenvalue weighted by atomic mass is 9.74. The predicted octanol–water partition coefficient (Wildman–Crippen LogP) is 5.06. The lowest BCUT2D eigenvalue weighted by molar-refractivity contribution is -0.137. The van der Waals surface area contributed by atoms with Gasteiger partial charge in [-0.15, -0.1) is 0 Å². The van der Waals surface area contributed by atoms with E-state index >= 15 is 0 Å². The Kier molecular flexibility index (Phi) is 7.70. The number of halogens is 5. The minimum atomic E-state index is -4.37. The number of piperidine rings is 2.